The molecular weight excluding hydrogens is 200 g/mol. The van der Waals surface area contributed by atoms with E-state index in [1.54, 1.807) is 6.26 Å². The van der Waals surface area contributed by atoms with Gasteiger partial charge in [0.15, 0.2) is 0 Å². The molecule has 0 saturated carbocycles. The molecule has 0 aliphatic heterocycles. The molecule has 2 rings (SSSR count). The van der Waals surface area contributed by atoms with Crippen LogP contribution in [0.5, 0.6) is 0 Å². The van der Waals surface area contributed by atoms with Gasteiger partial charge in [-0.1, -0.05) is 18.2 Å². The second-order valence-corrected chi connectivity index (χ2v) is 3.77. The van der Waals surface area contributed by atoms with Crippen molar-refractivity contribution in [2.75, 3.05) is 11.9 Å². The van der Waals surface area contributed by atoms with Gasteiger partial charge in [0.25, 0.3) is 0 Å². The summed E-state index contributed by atoms with van der Waals surface area (Å²) in [5.74, 6) is 0.953. The van der Waals surface area contributed by atoms with Gasteiger partial charge in [0.2, 0.25) is 0 Å². The quantitative estimate of drug-likeness (QED) is 0.853. The van der Waals surface area contributed by atoms with Gasteiger partial charge in [0.05, 0.1) is 12.8 Å². The Kier molecular flexibility index (Phi) is 3.27. The SMILES string of the molecule is CN(Cc1ccco1)c1ccccc1CN. The molecule has 84 valence electrons. The Labute approximate surface area is 95.5 Å². The summed E-state index contributed by atoms with van der Waals surface area (Å²) in [4.78, 5) is 2.14. The maximum Gasteiger partial charge on any atom is 0.123 e. The first-order valence-corrected chi connectivity index (χ1v) is 5.32. The first-order valence-electron chi connectivity index (χ1n) is 5.32. The molecule has 0 saturated heterocycles. The zero-order valence-electron chi connectivity index (χ0n) is 9.39. The lowest BCUT2D eigenvalue weighted by Gasteiger charge is -2.20. The Morgan fingerprint density at radius 1 is 1.19 bits per heavy atom. The largest absolute Gasteiger partial charge is 0.467 e. The lowest BCUT2D eigenvalue weighted by Crippen LogP contribution is -2.18. The highest BCUT2D eigenvalue weighted by molar-refractivity contribution is 5.53. The van der Waals surface area contributed by atoms with E-state index in [1.165, 1.54) is 0 Å². The van der Waals surface area contributed by atoms with Crippen LogP contribution in [0.15, 0.2) is 47.1 Å². The maximum atomic E-state index is 5.71. The molecule has 2 N–H and O–H groups in total. The average Bonchev–Trinajstić information content (AvgIpc) is 2.81. The molecule has 0 unspecified atom stereocenters. The van der Waals surface area contributed by atoms with Crippen molar-refractivity contribution in [1.29, 1.82) is 0 Å². The zero-order chi connectivity index (χ0) is 11.4. The smallest absolute Gasteiger partial charge is 0.123 e. The van der Waals surface area contributed by atoms with Crippen LogP contribution < -0.4 is 10.6 Å². The summed E-state index contributed by atoms with van der Waals surface area (Å²) < 4.78 is 5.33. The normalized spacial score (nSPS) is 10.4. The van der Waals surface area contributed by atoms with Gasteiger partial charge in [-0.05, 0) is 23.8 Å². The van der Waals surface area contributed by atoms with Gasteiger partial charge in [-0.25, -0.2) is 0 Å². The van der Waals surface area contributed by atoms with E-state index in [0.29, 0.717) is 6.54 Å². The second kappa shape index (κ2) is 4.86. The van der Waals surface area contributed by atoms with Crippen molar-refractivity contribution >= 4 is 5.69 Å². The van der Waals surface area contributed by atoms with E-state index in [1.807, 2.05) is 37.4 Å². The topological polar surface area (TPSA) is 42.4 Å². The standard InChI is InChI=1S/C13H16N2O/c1-15(10-12-6-4-8-16-12)13-7-3-2-5-11(13)9-14/h2-8H,9-10,14H2,1H3. The van der Waals surface area contributed by atoms with E-state index in [-0.39, 0.29) is 0 Å². The van der Waals surface area contributed by atoms with Gasteiger partial charge in [-0.3, -0.25) is 0 Å². The van der Waals surface area contributed by atoms with E-state index in [2.05, 4.69) is 11.0 Å². The third-order valence-electron chi connectivity index (χ3n) is 2.60. The average molecular weight is 216 g/mol. The molecular formula is C13H16N2O. The molecule has 0 bridgehead atoms. The summed E-state index contributed by atoms with van der Waals surface area (Å²) in [5, 5.41) is 0. The monoisotopic (exact) mass is 216 g/mol. The van der Waals surface area contributed by atoms with Crippen molar-refractivity contribution in [2.24, 2.45) is 5.73 Å². The van der Waals surface area contributed by atoms with Crippen molar-refractivity contribution in [3.8, 4) is 0 Å². The number of para-hydroxylation sites is 1. The third kappa shape index (κ3) is 2.25. The minimum absolute atomic E-state index is 0.554. The predicted octanol–water partition coefficient (Wildman–Crippen LogP) is 2.37. The molecule has 1 aromatic heterocycles. The summed E-state index contributed by atoms with van der Waals surface area (Å²) in [6.07, 6.45) is 1.69. The summed E-state index contributed by atoms with van der Waals surface area (Å²) in [6.45, 7) is 1.31. The van der Waals surface area contributed by atoms with Crippen molar-refractivity contribution in [3.05, 3.63) is 54.0 Å². The van der Waals surface area contributed by atoms with Crippen LogP contribution in [0.25, 0.3) is 0 Å². The van der Waals surface area contributed by atoms with Crippen LogP contribution in [0.2, 0.25) is 0 Å². The van der Waals surface area contributed by atoms with Gasteiger partial charge in [0.1, 0.15) is 5.76 Å². The molecule has 0 fully saturated rings. The van der Waals surface area contributed by atoms with Crippen molar-refractivity contribution in [2.45, 2.75) is 13.1 Å². The summed E-state index contributed by atoms with van der Waals surface area (Å²) in [7, 11) is 2.04. The number of furan rings is 1. The molecule has 3 heteroatoms. The Morgan fingerprint density at radius 2 is 2.00 bits per heavy atom. The molecule has 2 aromatic rings. The molecule has 0 radical (unpaired) electrons. The van der Waals surface area contributed by atoms with Gasteiger partial charge < -0.3 is 15.1 Å². The van der Waals surface area contributed by atoms with Crippen LogP contribution >= 0.6 is 0 Å². The Morgan fingerprint density at radius 3 is 2.69 bits per heavy atom. The van der Waals surface area contributed by atoms with Crippen LogP contribution in [-0.2, 0) is 13.1 Å². The fraction of sp³-hybridized carbons (Fsp3) is 0.231. The Balaban J connectivity index is 2.17. The molecule has 3 nitrogen and oxygen atoms in total. The summed E-state index contributed by atoms with van der Waals surface area (Å²) in [5.41, 5.74) is 8.02. The highest BCUT2D eigenvalue weighted by Crippen LogP contribution is 2.20. The number of hydrogen-bond acceptors (Lipinski definition) is 3. The molecule has 0 atom stereocenters. The Hall–Kier alpha value is -1.74. The zero-order valence-corrected chi connectivity index (χ0v) is 9.39. The van der Waals surface area contributed by atoms with E-state index in [9.17, 15) is 0 Å². The van der Waals surface area contributed by atoms with Gasteiger partial charge in [-0.2, -0.15) is 0 Å². The number of anilines is 1. The van der Waals surface area contributed by atoms with Crippen LogP contribution in [-0.4, -0.2) is 7.05 Å². The van der Waals surface area contributed by atoms with Crippen LogP contribution in [0, 0.1) is 0 Å². The van der Waals surface area contributed by atoms with Crippen molar-refractivity contribution < 1.29 is 4.42 Å². The first kappa shape index (κ1) is 10.8. The number of rotatable bonds is 4. The summed E-state index contributed by atoms with van der Waals surface area (Å²) >= 11 is 0. The van der Waals surface area contributed by atoms with Crippen LogP contribution in [0.3, 0.4) is 0 Å². The van der Waals surface area contributed by atoms with Crippen LogP contribution in [0.1, 0.15) is 11.3 Å². The first-order chi connectivity index (χ1) is 7.81. The molecule has 1 aromatic carbocycles. The van der Waals surface area contributed by atoms with E-state index in [4.69, 9.17) is 10.2 Å². The molecule has 1 heterocycles. The number of nitrogens with zero attached hydrogens (tertiary/aromatic N) is 1. The molecule has 16 heavy (non-hydrogen) atoms. The third-order valence-corrected chi connectivity index (χ3v) is 2.60. The fourth-order valence-electron chi connectivity index (χ4n) is 1.78. The van der Waals surface area contributed by atoms with E-state index in [0.717, 1.165) is 23.6 Å². The molecule has 0 spiro atoms. The molecule has 0 aliphatic rings. The lowest BCUT2D eigenvalue weighted by molar-refractivity contribution is 0.507. The highest BCUT2D eigenvalue weighted by atomic mass is 16.3. The number of hydrogen-bond donors (Lipinski definition) is 1. The van der Waals surface area contributed by atoms with Gasteiger partial charge in [-0.15, -0.1) is 0 Å². The minimum Gasteiger partial charge on any atom is -0.467 e. The maximum absolute atomic E-state index is 5.71. The Bertz CT molecular complexity index is 437. The highest BCUT2D eigenvalue weighted by Gasteiger charge is 2.07. The van der Waals surface area contributed by atoms with Gasteiger partial charge in [0, 0.05) is 19.3 Å². The number of benzene rings is 1. The minimum atomic E-state index is 0.554. The predicted molar refractivity (Wildman–Crippen MR) is 65.1 cm³/mol. The number of nitrogens with two attached hydrogens (primary N) is 1. The van der Waals surface area contributed by atoms with Gasteiger partial charge >= 0.3 is 0 Å². The van der Waals surface area contributed by atoms with Crippen LogP contribution in [0.4, 0.5) is 5.69 Å². The molecule has 0 aliphatic carbocycles. The lowest BCUT2D eigenvalue weighted by atomic mass is 10.1. The second-order valence-electron chi connectivity index (χ2n) is 3.77. The van der Waals surface area contributed by atoms with Crippen molar-refractivity contribution in [1.82, 2.24) is 0 Å². The van der Waals surface area contributed by atoms with Crippen molar-refractivity contribution in [3.63, 3.8) is 0 Å². The molecule has 0 amide bonds. The van der Waals surface area contributed by atoms with E-state index >= 15 is 0 Å². The van der Waals surface area contributed by atoms with E-state index < -0.39 is 0 Å². The summed E-state index contributed by atoms with van der Waals surface area (Å²) in [6, 6.07) is 12.0. The fourth-order valence-corrected chi connectivity index (χ4v) is 1.78.